The van der Waals surface area contributed by atoms with Gasteiger partial charge < -0.3 is 5.73 Å². The van der Waals surface area contributed by atoms with Gasteiger partial charge in [0.1, 0.15) is 6.07 Å². The molecule has 0 saturated heterocycles. The molecule has 37 heavy (non-hydrogen) atoms. The molecule has 186 valence electrons. The molecule has 1 aliphatic rings. The molecule has 0 saturated carbocycles. The van der Waals surface area contributed by atoms with E-state index >= 15 is 0 Å². The summed E-state index contributed by atoms with van der Waals surface area (Å²) in [5, 5.41) is 14.2. The van der Waals surface area contributed by atoms with E-state index in [2.05, 4.69) is 98.8 Å². The van der Waals surface area contributed by atoms with E-state index < -0.39 is 0 Å². The molecule has 4 rings (SSSR count). The van der Waals surface area contributed by atoms with E-state index in [0.717, 1.165) is 64.9 Å². The minimum atomic E-state index is 0.743. The van der Waals surface area contributed by atoms with Gasteiger partial charge in [0.15, 0.2) is 0 Å². The third-order valence-corrected chi connectivity index (χ3v) is 7.14. The van der Waals surface area contributed by atoms with Crippen LogP contribution in [-0.4, -0.2) is 0 Å². The van der Waals surface area contributed by atoms with E-state index in [9.17, 15) is 5.26 Å². The van der Waals surface area contributed by atoms with E-state index in [4.69, 9.17) is 5.73 Å². The molecule has 3 aromatic rings. The Hall–Kier alpha value is -4.09. The fourth-order valence-electron chi connectivity index (χ4n) is 5.43. The zero-order valence-electron chi connectivity index (χ0n) is 22.2. The van der Waals surface area contributed by atoms with Gasteiger partial charge in [-0.25, -0.2) is 0 Å². The Morgan fingerprint density at radius 2 is 1.57 bits per heavy atom. The van der Waals surface area contributed by atoms with E-state index in [0.29, 0.717) is 0 Å². The fourth-order valence-corrected chi connectivity index (χ4v) is 5.43. The second-order valence-electron chi connectivity index (χ2n) is 9.39. The van der Waals surface area contributed by atoms with Crippen LogP contribution in [0.1, 0.15) is 64.0 Å². The number of nitrogens with zero attached hydrogens (tertiary/aromatic N) is 1. The van der Waals surface area contributed by atoms with Gasteiger partial charge in [-0.3, -0.25) is 0 Å². The molecular formula is C35H36N2. The van der Waals surface area contributed by atoms with Crippen molar-refractivity contribution in [1.82, 2.24) is 0 Å². The predicted molar refractivity (Wildman–Crippen MR) is 160 cm³/mol. The van der Waals surface area contributed by atoms with Gasteiger partial charge in [-0.15, -0.1) is 0 Å². The molecule has 2 heteroatoms. The van der Waals surface area contributed by atoms with Crippen molar-refractivity contribution in [2.45, 2.75) is 52.9 Å². The smallest absolute Gasteiger partial charge is 0.100 e. The van der Waals surface area contributed by atoms with Crippen LogP contribution in [0.5, 0.6) is 0 Å². The molecule has 1 aliphatic carbocycles. The van der Waals surface area contributed by atoms with Crippen molar-refractivity contribution in [3.05, 3.63) is 125 Å². The van der Waals surface area contributed by atoms with Gasteiger partial charge in [0, 0.05) is 16.5 Å². The number of nitrogens with two attached hydrogens (primary N) is 1. The molecular weight excluding hydrogens is 448 g/mol. The molecule has 0 atom stereocenters. The number of allylic oxidation sites excluding steroid dienone is 11. The molecule has 0 spiro atoms. The summed E-state index contributed by atoms with van der Waals surface area (Å²) in [7, 11) is 0. The second kappa shape index (κ2) is 12.2. The lowest BCUT2D eigenvalue weighted by Gasteiger charge is -2.19. The molecule has 0 aromatic heterocycles. The lowest BCUT2D eigenvalue weighted by atomic mass is 9.87. The zero-order valence-corrected chi connectivity index (χ0v) is 22.2. The Morgan fingerprint density at radius 1 is 0.946 bits per heavy atom. The van der Waals surface area contributed by atoms with Crippen molar-refractivity contribution in [2.75, 3.05) is 0 Å². The van der Waals surface area contributed by atoms with Crippen molar-refractivity contribution in [3.63, 3.8) is 0 Å². The first-order valence-corrected chi connectivity index (χ1v) is 13.3. The van der Waals surface area contributed by atoms with Crippen LogP contribution in [0.4, 0.5) is 0 Å². The summed E-state index contributed by atoms with van der Waals surface area (Å²) in [5.74, 6) is 0. The topological polar surface area (TPSA) is 49.8 Å². The zero-order chi connectivity index (χ0) is 26.2. The SMILES string of the molecule is C/C=C\C(CC)=C(/N)C1=C(CC/C=C(\C=C/C)c2c3ccccc3c(C#N)c3ccccc23)C=CCC1. The summed E-state index contributed by atoms with van der Waals surface area (Å²) >= 11 is 0. The van der Waals surface area contributed by atoms with Gasteiger partial charge in [-0.2, -0.15) is 5.26 Å². The molecule has 0 aliphatic heterocycles. The third-order valence-electron chi connectivity index (χ3n) is 7.14. The highest BCUT2D eigenvalue weighted by Gasteiger charge is 2.16. The third kappa shape index (κ3) is 5.37. The average Bonchev–Trinajstić information content (AvgIpc) is 2.94. The van der Waals surface area contributed by atoms with Crippen LogP contribution in [0.15, 0.2) is 113 Å². The minimum absolute atomic E-state index is 0.743. The first-order valence-electron chi connectivity index (χ1n) is 13.3. The molecule has 3 aromatic carbocycles. The molecule has 0 bridgehead atoms. The molecule has 0 unspecified atom stereocenters. The largest absolute Gasteiger partial charge is 0.398 e. The van der Waals surface area contributed by atoms with E-state index in [1.165, 1.54) is 27.9 Å². The number of hydrogen-bond donors (Lipinski definition) is 1. The van der Waals surface area contributed by atoms with Gasteiger partial charge >= 0.3 is 0 Å². The van der Waals surface area contributed by atoms with Crippen molar-refractivity contribution in [3.8, 4) is 6.07 Å². The summed E-state index contributed by atoms with van der Waals surface area (Å²) in [6, 6.07) is 19.0. The van der Waals surface area contributed by atoms with E-state index in [1.54, 1.807) is 0 Å². The monoisotopic (exact) mass is 484 g/mol. The van der Waals surface area contributed by atoms with Crippen LogP contribution in [0.3, 0.4) is 0 Å². The molecule has 0 radical (unpaired) electrons. The standard InChI is InChI=1S/C35H36N2/c1-4-14-25(6-3)35(37)28-19-8-7-16-26(28)17-13-18-27(15-5-2)34-31-22-11-9-20-29(31)33(24-36)30-21-10-12-23-32(30)34/h4-5,7,9-12,14-16,18,20-23H,6,8,13,17,19,37H2,1-3H3/b14-4-,15-5-,27-18+,35-25-. The fraction of sp³-hybridized carbons (Fsp3) is 0.229. The van der Waals surface area contributed by atoms with Crippen LogP contribution in [0.25, 0.3) is 27.1 Å². The van der Waals surface area contributed by atoms with Crippen LogP contribution in [0.2, 0.25) is 0 Å². The summed E-state index contributed by atoms with van der Waals surface area (Å²) in [6.45, 7) is 6.27. The maximum Gasteiger partial charge on any atom is 0.100 e. The first-order chi connectivity index (χ1) is 18.1. The number of benzene rings is 3. The quantitative estimate of drug-likeness (QED) is 0.256. The Balaban J connectivity index is 1.81. The van der Waals surface area contributed by atoms with Crippen molar-refractivity contribution in [1.29, 1.82) is 5.26 Å². The van der Waals surface area contributed by atoms with Gasteiger partial charge in [0.25, 0.3) is 0 Å². The maximum absolute atomic E-state index is 10.0. The maximum atomic E-state index is 10.0. The number of nitriles is 1. The molecule has 0 fully saturated rings. The minimum Gasteiger partial charge on any atom is -0.398 e. The first kappa shape index (κ1) is 26.0. The molecule has 2 nitrogen and oxygen atoms in total. The lowest BCUT2D eigenvalue weighted by Crippen LogP contribution is -2.09. The highest BCUT2D eigenvalue weighted by molar-refractivity contribution is 6.13. The van der Waals surface area contributed by atoms with E-state index in [1.807, 2.05) is 19.1 Å². The molecule has 0 amide bonds. The van der Waals surface area contributed by atoms with Crippen molar-refractivity contribution >= 4 is 27.1 Å². The summed E-state index contributed by atoms with van der Waals surface area (Å²) in [5.41, 5.74) is 14.6. The summed E-state index contributed by atoms with van der Waals surface area (Å²) in [6.07, 6.45) is 20.2. The highest BCUT2D eigenvalue weighted by Crippen LogP contribution is 2.37. The Morgan fingerprint density at radius 3 is 2.14 bits per heavy atom. The highest BCUT2D eigenvalue weighted by atomic mass is 14.6. The Bertz CT molecular complexity index is 1470. The Kier molecular flexibility index (Phi) is 8.60. The Labute approximate surface area is 221 Å². The van der Waals surface area contributed by atoms with E-state index in [-0.39, 0.29) is 0 Å². The molecule has 2 N–H and O–H groups in total. The number of fused-ring (bicyclic) bond motifs is 2. The molecule has 0 heterocycles. The van der Waals surface area contributed by atoms with Crippen LogP contribution < -0.4 is 5.73 Å². The van der Waals surface area contributed by atoms with Gasteiger partial charge in [0.2, 0.25) is 0 Å². The van der Waals surface area contributed by atoms with Gasteiger partial charge in [0.05, 0.1) is 5.56 Å². The number of hydrogen-bond acceptors (Lipinski definition) is 2. The summed E-state index contributed by atoms with van der Waals surface area (Å²) in [4.78, 5) is 0. The number of rotatable bonds is 8. The van der Waals surface area contributed by atoms with Crippen molar-refractivity contribution in [2.24, 2.45) is 5.73 Å². The van der Waals surface area contributed by atoms with Gasteiger partial charge in [-0.1, -0.05) is 98.0 Å². The van der Waals surface area contributed by atoms with Crippen molar-refractivity contribution < 1.29 is 0 Å². The van der Waals surface area contributed by atoms with Crippen LogP contribution in [0, 0.1) is 11.3 Å². The van der Waals surface area contributed by atoms with Crippen LogP contribution in [-0.2, 0) is 0 Å². The van der Waals surface area contributed by atoms with Gasteiger partial charge in [-0.05, 0) is 84.6 Å². The lowest BCUT2D eigenvalue weighted by molar-refractivity contribution is 0.882. The summed E-state index contributed by atoms with van der Waals surface area (Å²) < 4.78 is 0. The normalized spacial score (nSPS) is 15.2. The predicted octanol–water partition coefficient (Wildman–Crippen LogP) is 9.45. The van der Waals surface area contributed by atoms with Crippen LogP contribution >= 0.6 is 0 Å². The second-order valence-corrected chi connectivity index (χ2v) is 9.39. The average molecular weight is 485 g/mol.